The Morgan fingerprint density at radius 3 is 2.74 bits per heavy atom. The fourth-order valence-corrected chi connectivity index (χ4v) is 2.51. The van der Waals surface area contributed by atoms with Crippen LogP contribution in [-0.4, -0.2) is 15.9 Å². The van der Waals surface area contributed by atoms with E-state index in [0.717, 1.165) is 5.69 Å². The number of hydrogen-bond acceptors (Lipinski definition) is 4. The average molecular weight is 296 g/mol. The van der Waals surface area contributed by atoms with Gasteiger partial charge in [0, 0.05) is 23.2 Å². The van der Waals surface area contributed by atoms with Crippen LogP contribution in [0.25, 0.3) is 0 Å². The summed E-state index contributed by atoms with van der Waals surface area (Å²) < 4.78 is 0. The van der Waals surface area contributed by atoms with Crippen LogP contribution in [0.3, 0.4) is 0 Å². The summed E-state index contributed by atoms with van der Waals surface area (Å²) in [5, 5.41) is 5.62. The summed E-state index contributed by atoms with van der Waals surface area (Å²) in [6.45, 7) is 6.23. The number of rotatable bonds is 2. The van der Waals surface area contributed by atoms with Gasteiger partial charge in [-0.2, -0.15) is 0 Å². The number of anilines is 1. The number of hydrogen-bond donors (Lipinski definition) is 1. The first-order valence-electron chi connectivity index (χ1n) is 5.75. The zero-order valence-corrected chi connectivity index (χ0v) is 12.5. The van der Waals surface area contributed by atoms with E-state index in [-0.39, 0.29) is 11.3 Å². The van der Waals surface area contributed by atoms with Crippen molar-refractivity contribution in [1.82, 2.24) is 9.97 Å². The molecule has 0 atom stereocenters. The maximum Gasteiger partial charge on any atom is 0.260 e. The molecule has 1 N–H and O–H groups in total. The van der Waals surface area contributed by atoms with E-state index in [4.69, 9.17) is 11.6 Å². The summed E-state index contributed by atoms with van der Waals surface area (Å²) in [6.07, 6.45) is 2.98. The zero-order chi connectivity index (χ0) is 14.0. The summed E-state index contributed by atoms with van der Waals surface area (Å²) in [4.78, 5) is 20.3. The van der Waals surface area contributed by atoms with Gasteiger partial charge in [0.25, 0.3) is 5.91 Å². The number of carbonyl (C=O) groups excluding carboxylic acids is 1. The number of amides is 1. The molecule has 0 radical (unpaired) electrons. The molecule has 1 amide bonds. The third-order valence-electron chi connectivity index (χ3n) is 2.51. The molecule has 2 aromatic heterocycles. The number of pyridine rings is 1. The highest BCUT2D eigenvalue weighted by molar-refractivity contribution is 7.14. The van der Waals surface area contributed by atoms with Crippen LogP contribution in [0.5, 0.6) is 0 Å². The van der Waals surface area contributed by atoms with Gasteiger partial charge in [0.05, 0.1) is 16.3 Å². The predicted octanol–water partition coefficient (Wildman–Crippen LogP) is 3.74. The summed E-state index contributed by atoms with van der Waals surface area (Å²) >= 11 is 7.34. The van der Waals surface area contributed by atoms with Crippen LogP contribution < -0.4 is 5.32 Å². The summed E-state index contributed by atoms with van der Waals surface area (Å²) in [6, 6.07) is 1.58. The second-order valence-electron chi connectivity index (χ2n) is 5.10. The number of nitrogens with one attached hydrogen (secondary N) is 1. The van der Waals surface area contributed by atoms with Crippen molar-refractivity contribution in [3.05, 3.63) is 40.1 Å². The molecule has 0 aliphatic carbocycles. The lowest BCUT2D eigenvalue weighted by Crippen LogP contribution is -2.14. The molecule has 2 rings (SSSR count). The van der Waals surface area contributed by atoms with Crippen molar-refractivity contribution in [2.24, 2.45) is 0 Å². The molecule has 0 aliphatic heterocycles. The Morgan fingerprint density at radius 2 is 2.16 bits per heavy atom. The van der Waals surface area contributed by atoms with Crippen molar-refractivity contribution in [3.8, 4) is 0 Å². The molecule has 0 spiro atoms. The van der Waals surface area contributed by atoms with Crippen LogP contribution in [0.2, 0.25) is 5.02 Å². The van der Waals surface area contributed by atoms with Gasteiger partial charge in [-0.3, -0.25) is 15.1 Å². The Balaban J connectivity index is 2.16. The molecule has 0 saturated carbocycles. The molecule has 0 fully saturated rings. The van der Waals surface area contributed by atoms with Crippen molar-refractivity contribution in [2.45, 2.75) is 26.2 Å². The molecule has 19 heavy (non-hydrogen) atoms. The maximum absolute atomic E-state index is 12.0. The van der Waals surface area contributed by atoms with Crippen LogP contribution >= 0.6 is 22.9 Å². The van der Waals surface area contributed by atoms with E-state index in [2.05, 4.69) is 36.1 Å². The van der Waals surface area contributed by atoms with E-state index in [0.29, 0.717) is 15.7 Å². The lowest BCUT2D eigenvalue weighted by molar-refractivity contribution is 0.102. The molecule has 0 bridgehead atoms. The monoisotopic (exact) mass is 295 g/mol. The number of aromatic nitrogens is 2. The Kier molecular flexibility index (Phi) is 3.87. The highest BCUT2D eigenvalue weighted by Gasteiger charge is 2.19. The topological polar surface area (TPSA) is 54.9 Å². The van der Waals surface area contributed by atoms with E-state index < -0.39 is 0 Å². The minimum absolute atomic E-state index is 0.0363. The molecular formula is C13H14ClN3OS. The summed E-state index contributed by atoms with van der Waals surface area (Å²) in [5.74, 6) is -0.298. The van der Waals surface area contributed by atoms with Gasteiger partial charge in [-0.15, -0.1) is 11.3 Å². The molecule has 2 heterocycles. The van der Waals surface area contributed by atoms with Crippen molar-refractivity contribution >= 4 is 34.0 Å². The van der Waals surface area contributed by atoms with E-state index >= 15 is 0 Å². The quantitative estimate of drug-likeness (QED) is 0.918. The van der Waals surface area contributed by atoms with Crippen LogP contribution in [0, 0.1) is 0 Å². The molecule has 100 valence electrons. The second-order valence-corrected chi connectivity index (χ2v) is 6.36. The van der Waals surface area contributed by atoms with Crippen LogP contribution in [0.4, 0.5) is 5.13 Å². The van der Waals surface area contributed by atoms with Crippen LogP contribution in [-0.2, 0) is 5.41 Å². The number of halogens is 1. The molecule has 0 saturated heterocycles. The molecule has 0 unspecified atom stereocenters. The normalized spacial score (nSPS) is 11.4. The molecule has 6 heteroatoms. The van der Waals surface area contributed by atoms with Gasteiger partial charge in [-0.05, 0) is 6.07 Å². The number of thiazole rings is 1. The Morgan fingerprint density at radius 1 is 1.42 bits per heavy atom. The Hall–Kier alpha value is -1.46. The molecule has 0 aliphatic rings. The lowest BCUT2D eigenvalue weighted by atomic mass is 9.93. The van der Waals surface area contributed by atoms with Crippen molar-refractivity contribution < 1.29 is 4.79 Å². The SMILES string of the molecule is CC(C)(C)c1csc(NC(=O)c2cnccc2Cl)n1. The standard InChI is InChI=1S/C13H14ClN3OS/c1-13(2,3)10-7-19-12(16-10)17-11(18)8-6-15-5-4-9(8)14/h4-7H,1-3H3,(H,16,17,18). The van der Waals surface area contributed by atoms with Crippen LogP contribution in [0.1, 0.15) is 36.8 Å². The minimum atomic E-state index is -0.298. The molecular weight excluding hydrogens is 282 g/mol. The van der Waals surface area contributed by atoms with Crippen molar-refractivity contribution in [1.29, 1.82) is 0 Å². The van der Waals surface area contributed by atoms with Crippen LogP contribution in [0.15, 0.2) is 23.8 Å². The van der Waals surface area contributed by atoms with E-state index in [1.165, 1.54) is 17.5 Å². The van der Waals surface area contributed by atoms with Gasteiger partial charge in [-0.25, -0.2) is 4.98 Å². The van der Waals surface area contributed by atoms with Gasteiger partial charge >= 0.3 is 0 Å². The number of nitrogens with zero attached hydrogens (tertiary/aromatic N) is 2. The highest BCUT2D eigenvalue weighted by Crippen LogP contribution is 2.26. The predicted molar refractivity (Wildman–Crippen MR) is 78.0 cm³/mol. The first-order valence-corrected chi connectivity index (χ1v) is 7.00. The summed E-state index contributed by atoms with van der Waals surface area (Å²) in [7, 11) is 0. The fraction of sp³-hybridized carbons (Fsp3) is 0.308. The highest BCUT2D eigenvalue weighted by atomic mass is 35.5. The summed E-state index contributed by atoms with van der Waals surface area (Å²) in [5.41, 5.74) is 1.26. The van der Waals surface area contributed by atoms with Gasteiger partial charge < -0.3 is 0 Å². The van der Waals surface area contributed by atoms with Gasteiger partial charge in [0.2, 0.25) is 0 Å². The molecule has 4 nitrogen and oxygen atoms in total. The maximum atomic E-state index is 12.0. The van der Waals surface area contributed by atoms with Crippen molar-refractivity contribution in [3.63, 3.8) is 0 Å². The zero-order valence-electron chi connectivity index (χ0n) is 10.9. The van der Waals surface area contributed by atoms with E-state index in [1.807, 2.05) is 5.38 Å². The van der Waals surface area contributed by atoms with Gasteiger partial charge in [0.15, 0.2) is 5.13 Å². The Labute approximate surface area is 120 Å². The largest absolute Gasteiger partial charge is 0.298 e. The third kappa shape index (κ3) is 3.30. The van der Waals surface area contributed by atoms with E-state index in [1.54, 1.807) is 12.3 Å². The lowest BCUT2D eigenvalue weighted by Gasteiger charge is -2.14. The minimum Gasteiger partial charge on any atom is -0.298 e. The smallest absolute Gasteiger partial charge is 0.260 e. The number of carbonyl (C=O) groups is 1. The van der Waals surface area contributed by atoms with E-state index in [9.17, 15) is 4.79 Å². The fourth-order valence-electron chi connectivity index (χ4n) is 1.38. The Bertz CT molecular complexity index is 604. The first-order chi connectivity index (χ1) is 8.88. The van der Waals surface area contributed by atoms with Crippen molar-refractivity contribution in [2.75, 3.05) is 5.32 Å². The average Bonchev–Trinajstić information content (AvgIpc) is 2.77. The van der Waals surface area contributed by atoms with Gasteiger partial charge in [-0.1, -0.05) is 32.4 Å². The van der Waals surface area contributed by atoms with Gasteiger partial charge in [0.1, 0.15) is 0 Å². The second kappa shape index (κ2) is 5.27. The first kappa shape index (κ1) is 14.0. The molecule has 0 aromatic carbocycles. The third-order valence-corrected chi connectivity index (χ3v) is 3.59. The molecule has 2 aromatic rings.